The Balaban J connectivity index is 2.07. The smallest absolute Gasteiger partial charge is 0.238 e. The van der Waals surface area contributed by atoms with Gasteiger partial charge in [-0.2, -0.15) is 11.8 Å². The Hall–Kier alpha value is -1.20. The van der Waals surface area contributed by atoms with E-state index < -0.39 is 0 Å². The van der Waals surface area contributed by atoms with Crippen LogP contribution in [-0.4, -0.2) is 43.0 Å². The third-order valence-corrected chi connectivity index (χ3v) is 4.21. The number of methoxy groups -OCH3 is 1. The van der Waals surface area contributed by atoms with Gasteiger partial charge >= 0.3 is 0 Å². The molecule has 1 aliphatic heterocycles. The number of carbonyl (C=O) groups excluding carboxylic acids is 1. The summed E-state index contributed by atoms with van der Waals surface area (Å²) in [6, 6.07) is 7.88. The predicted octanol–water partition coefficient (Wildman–Crippen LogP) is 2.27. The fourth-order valence-electron chi connectivity index (χ4n) is 2.49. The van der Waals surface area contributed by atoms with Crippen LogP contribution in [0.3, 0.4) is 0 Å². The van der Waals surface area contributed by atoms with Gasteiger partial charge in [-0.05, 0) is 30.9 Å². The number of carbonyl (C=O) groups is 1. The highest BCUT2D eigenvalue weighted by Gasteiger charge is 2.32. The van der Waals surface area contributed by atoms with Crippen molar-refractivity contribution in [1.29, 1.82) is 0 Å². The average Bonchev–Trinajstić information content (AvgIpc) is 2.84. The van der Waals surface area contributed by atoms with E-state index in [0.29, 0.717) is 6.54 Å². The number of unbranched alkanes of at least 4 members (excludes halogenated alkanes) is 1. The highest BCUT2D eigenvalue weighted by Crippen LogP contribution is 2.30. The Bertz CT molecular complexity index is 453. The fraction of sp³-hybridized carbons (Fsp3) is 0.533. The first kappa shape index (κ1) is 15.2. The number of hydrogen-bond donors (Lipinski definition) is 1. The third-order valence-electron chi connectivity index (χ3n) is 3.51. The SMILES string of the molecule is COc1ccccc1C1NCC(=O)N1CCCCSC. The zero-order chi connectivity index (χ0) is 14.4. The van der Waals surface area contributed by atoms with Crippen LogP contribution in [0, 0.1) is 0 Å². The monoisotopic (exact) mass is 294 g/mol. The van der Waals surface area contributed by atoms with Crippen molar-refractivity contribution in [2.45, 2.75) is 19.0 Å². The Labute approximate surface area is 124 Å². The molecule has 1 N–H and O–H groups in total. The summed E-state index contributed by atoms with van der Waals surface area (Å²) in [7, 11) is 1.67. The maximum atomic E-state index is 12.0. The van der Waals surface area contributed by atoms with E-state index in [9.17, 15) is 4.79 Å². The van der Waals surface area contributed by atoms with Crippen LogP contribution in [0.15, 0.2) is 24.3 Å². The molecule has 20 heavy (non-hydrogen) atoms. The number of benzene rings is 1. The van der Waals surface area contributed by atoms with Gasteiger partial charge in [-0.1, -0.05) is 18.2 Å². The van der Waals surface area contributed by atoms with Crippen molar-refractivity contribution in [3.63, 3.8) is 0 Å². The van der Waals surface area contributed by atoms with Gasteiger partial charge in [0.2, 0.25) is 5.91 Å². The molecule has 1 amide bonds. The summed E-state index contributed by atoms with van der Waals surface area (Å²) < 4.78 is 5.40. The molecular formula is C15H22N2O2S. The van der Waals surface area contributed by atoms with Gasteiger partial charge in [-0.25, -0.2) is 0 Å². The Morgan fingerprint density at radius 1 is 1.40 bits per heavy atom. The zero-order valence-electron chi connectivity index (χ0n) is 12.1. The van der Waals surface area contributed by atoms with E-state index in [1.54, 1.807) is 7.11 Å². The topological polar surface area (TPSA) is 41.6 Å². The van der Waals surface area contributed by atoms with Crippen molar-refractivity contribution in [2.75, 3.05) is 32.2 Å². The van der Waals surface area contributed by atoms with Crippen LogP contribution in [0.4, 0.5) is 0 Å². The van der Waals surface area contributed by atoms with Gasteiger partial charge in [0, 0.05) is 12.1 Å². The summed E-state index contributed by atoms with van der Waals surface area (Å²) in [5.41, 5.74) is 1.03. The van der Waals surface area contributed by atoms with Gasteiger partial charge in [-0.15, -0.1) is 0 Å². The number of amides is 1. The van der Waals surface area contributed by atoms with E-state index >= 15 is 0 Å². The highest BCUT2D eigenvalue weighted by molar-refractivity contribution is 7.98. The predicted molar refractivity (Wildman–Crippen MR) is 83.1 cm³/mol. The molecule has 1 fully saturated rings. The number of nitrogens with zero attached hydrogens (tertiary/aromatic N) is 1. The first-order valence-corrected chi connectivity index (χ1v) is 8.32. The molecule has 0 bridgehead atoms. The van der Waals surface area contributed by atoms with E-state index in [0.717, 1.165) is 36.5 Å². The molecule has 5 heteroatoms. The molecule has 1 saturated heterocycles. The minimum atomic E-state index is -0.0621. The molecule has 1 unspecified atom stereocenters. The number of ether oxygens (including phenoxy) is 1. The van der Waals surface area contributed by atoms with Crippen LogP contribution >= 0.6 is 11.8 Å². The second-order valence-corrected chi connectivity index (χ2v) is 5.80. The fourth-order valence-corrected chi connectivity index (χ4v) is 2.99. The van der Waals surface area contributed by atoms with Gasteiger partial charge in [-0.3, -0.25) is 10.1 Å². The summed E-state index contributed by atoms with van der Waals surface area (Å²) in [4.78, 5) is 14.0. The standard InChI is InChI=1S/C15H22N2O2S/c1-19-13-8-4-3-7-12(13)15-16-11-14(18)17(15)9-5-6-10-20-2/h3-4,7-8,15-16H,5-6,9-11H2,1-2H3. The molecular weight excluding hydrogens is 272 g/mol. The molecule has 110 valence electrons. The molecule has 0 radical (unpaired) electrons. The number of rotatable bonds is 7. The molecule has 1 aromatic carbocycles. The molecule has 1 heterocycles. The maximum Gasteiger partial charge on any atom is 0.238 e. The van der Waals surface area contributed by atoms with Gasteiger partial charge < -0.3 is 9.64 Å². The van der Waals surface area contributed by atoms with Crippen LogP contribution in [0.1, 0.15) is 24.6 Å². The highest BCUT2D eigenvalue weighted by atomic mass is 32.2. The van der Waals surface area contributed by atoms with Crippen molar-refractivity contribution in [3.05, 3.63) is 29.8 Å². The Morgan fingerprint density at radius 2 is 2.20 bits per heavy atom. The summed E-state index contributed by atoms with van der Waals surface area (Å²) in [5, 5.41) is 3.28. The van der Waals surface area contributed by atoms with Crippen LogP contribution in [0.2, 0.25) is 0 Å². The number of para-hydroxylation sites is 1. The summed E-state index contributed by atoms with van der Waals surface area (Å²) in [5.74, 6) is 2.15. The largest absolute Gasteiger partial charge is 0.496 e. The summed E-state index contributed by atoms with van der Waals surface area (Å²) >= 11 is 1.85. The molecule has 4 nitrogen and oxygen atoms in total. The number of thioether (sulfide) groups is 1. The van der Waals surface area contributed by atoms with Crippen molar-refractivity contribution < 1.29 is 9.53 Å². The first-order chi connectivity index (χ1) is 9.77. The second-order valence-electron chi connectivity index (χ2n) is 4.81. The van der Waals surface area contributed by atoms with Crippen molar-refractivity contribution in [2.24, 2.45) is 0 Å². The summed E-state index contributed by atoms with van der Waals surface area (Å²) in [6.07, 6.45) is 4.23. The van der Waals surface area contributed by atoms with Gasteiger partial charge in [0.15, 0.2) is 0 Å². The molecule has 0 spiro atoms. The van der Waals surface area contributed by atoms with E-state index in [-0.39, 0.29) is 12.1 Å². The summed E-state index contributed by atoms with van der Waals surface area (Å²) in [6.45, 7) is 1.21. The lowest BCUT2D eigenvalue weighted by Crippen LogP contribution is -2.31. The minimum Gasteiger partial charge on any atom is -0.496 e. The maximum absolute atomic E-state index is 12.0. The van der Waals surface area contributed by atoms with Crippen molar-refractivity contribution in [3.8, 4) is 5.75 Å². The van der Waals surface area contributed by atoms with Crippen molar-refractivity contribution >= 4 is 17.7 Å². The lowest BCUT2D eigenvalue weighted by molar-refractivity contribution is -0.128. The molecule has 1 aromatic rings. The molecule has 0 aromatic heterocycles. The average molecular weight is 294 g/mol. The van der Waals surface area contributed by atoms with Crippen LogP contribution < -0.4 is 10.1 Å². The van der Waals surface area contributed by atoms with Crippen molar-refractivity contribution in [1.82, 2.24) is 10.2 Å². The normalized spacial score (nSPS) is 18.6. The zero-order valence-corrected chi connectivity index (χ0v) is 12.9. The van der Waals surface area contributed by atoms with E-state index in [2.05, 4.69) is 11.6 Å². The quantitative estimate of drug-likeness (QED) is 0.783. The Morgan fingerprint density at radius 3 is 2.95 bits per heavy atom. The number of nitrogens with one attached hydrogen (secondary N) is 1. The number of hydrogen-bond acceptors (Lipinski definition) is 4. The molecule has 0 aliphatic carbocycles. The van der Waals surface area contributed by atoms with Crippen LogP contribution in [0.25, 0.3) is 0 Å². The van der Waals surface area contributed by atoms with E-state index in [4.69, 9.17) is 4.74 Å². The lowest BCUT2D eigenvalue weighted by Gasteiger charge is -2.26. The van der Waals surface area contributed by atoms with E-state index in [1.807, 2.05) is 40.9 Å². The molecule has 2 rings (SSSR count). The minimum absolute atomic E-state index is 0.0621. The Kier molecular flexibility index (Phi) is 5.73. The lowest BCUT2D eigenvalue weighted by atomic mass is 10.1. The van der Waals surface area contributed by atoms with Crippen LogP contribution in [-0.2, 0) is 4.79 Å². The van der Waals surface area contributed by atoms with Gasteiger partial charge in [0.25, 0.3) is 0 Å². The molecule has 1 atom stereocenters. The third kappa shape index (κ3) is 3.46. The van der Waals surface area contributed by atoms with E-state index in [1.165, 1.54) is 0 Å². The van der Waals surface area contributed by atoms with Crippen LogP contribution in [0.5, 0.6) is 5.75 Å². The molecule has 0 saturated carbocycles. The van der Waals surface area contributed by atoms with Gasteiger partial charge in [0.05, 0.1) is 13.7 Å². The first-order valence-electron chi connectivity index (χ1n) is 6.92. The second kappa shape index (κ2) is 7.55. The van der Waals surface area contributed by atoms with Gasteiger partial charge in [0.1, 0.15) is 11.9 Å². The molecule has 1 aliphatic rings.